The zero-order valence-corrected chi connectivity index (χ0v) is 21.9. The maximum atomic E-state index is 12.5. The Morgan fingerprint density at radius 2 is 1.20 bits per heavy atom. The summed E-state index contributed by atoms with van der Waals surface area (Å²) in [6, 6.07) is 9.22. The quantitative estimate of drug-likeness (QED) is 0.232. The van der Waals surface area contributed by atoms with E-state index in [4.69, 9.17) is 0 Å². The van der Waals surface area contributed by atoms with Gasteiger partial charge < -0.3 is 10.0 Å². The fourth-order valence-electron chi connectivity index (χ4n) is 3.39. The van der Waals surface area contributed by atoms with E-state index in [9.17, 15) is 9.90 Å². The molecule has 0 aliphatic rings. The van der Waals surface area contributed by atoms with Crippen LogP contribution in [0.1, 0.15) is 76.9 Å². The third-order valence-electron chi connectivity index (χ3n) is 5.72. The number of hydrogen-bond acceptors (Lipinski definition) is 2. The molecule has 0 radical (unpaired) electrons. The summed E-state index contributed by atoms with van der Waals surface area (Å²) in [6.45, 7) is 4.03. The molecule has 35 heavy (non-hydrogen) atoms. The first kappa shape index (κ1) is 30.1. The van der Waals surface area contributed by atoms with Gasteiger partial charge in [0.2, 0.25) is 5.91 Å². The van der Waals surface area contributed by atoms with E-state index in [1.54, 1.807) is 11.9 Å². The van der Waals surface area contributed by atoms with Gasteiger partial charge in [-0.15, -0.1) is 0 Å². The second kappa shape index (κ2) is 20.5. The van der Waals surface area contributed by atoms with Gasteiger partial charge in [0.05, 0.1) is 12.1 Å². The molecule has 1 aromatic carbocycles. The van der Waals surface area contributed by atoms with E-state index in [2.05, 4.69) is 79.8 Å². The normalized spacial score (nSPS) is 14.4. The average molecular weight is 476 g/mol. The van der Waals surface area contributed by atoms with Gasteiger partial charge in [-0.3, -0.25) is 4.79 Å². The molecule has 0 bridgehead atoms. The number of carbonyl (C=O) groups excluding carboxylic acids is 1. The van der Waals surface area contributed by atoms with Crippen molar-refractivity contribution in [3.05, 3.63) is 109 Å². The van der Waals surface area contributed by atoms with Crippen LogP contribution in [-0.4, -0.2) is 29.0 Å². The Balaban J connectivity index is 2.12. The molecule has 1 amide bonds. The minimum Gasteiger partial charge on any atom is -0.386 e. The minimum absolute atomic E-state index is 0.0482. The van der Waals surface area contributed by atoms with Crippen LogP contribution in [0, 0.1) is 0 Å². The number of likely N-dealkylation sites (N-methyl/N-ethyl adjacent to an activating group) is 1. The third-order valence-corrected chi connectivity index (χ3v) is 5.72. The Hall–Kier alpha value is -2.91. The summed E-state index contributed by atoms with van der Waals surface area (Å²) >= 11 is 0. The first-order chi connectivity index (χ1) is 17.1. The molecule has 190 valence electrons. The van der Waals surface area contributed by atoms with Gasteiger partial charge in [0.25, 0.3) is 0 Å². The molecule has 0 saturated carbocycles. The van der Waals surface area contributed by atoms with Crippen molar-refractivity contribution in [2.75, 3.05) is 7.05 Å². The molecule has 0 spiro atoms. The number of nitrogens with zero attached hydrogens (tertiary/aromatic N) is 1. The smallest absolute Gasteiger partial charge is 0.222 e. The average Bonchev–Trinajstić information content (AvgIpc) is 2.89. The summed E-state index contributed by atoms with van der Waals surface area (Å²) in [5, 5.41) is 10.5. The van der Waals surface area contributed by atoms with Gasteiger partial charge in [-0.05, 0) is 57.4 Å². The number of rotatable bonds is 17. The van der Waals surface area contributed by atoms with Crippen molar-refractivity contribution in [2.24, 2.45) is 0 Å². The van der Waals surface area contributed by atoms with E-state index >= 15 is 0 Å². The lowest BCUT2D eigenvalue weighted by molar-refractivity contribution is -0.133. The zero-order chi connectivity index (χ0) is 25.6. The van der Waals surface area contributed by atoms with Gasteiger partial charge in [-0.25, -0.2) is 0 Å². The molecule has 2 unspecified atom stereocenters. The SMILES string of the molecule is CC/C=C\C/C=C\C/C=C\C/C=C\C/C=C\C/C=C\CCC(=O)N(C)C(C)C(O)c1ccccc1. The molecule has 0 aromatic heterocycles. The number of allylic oxidation sites excluding steroid dienone is 12. The van der Waals surface area contributed by atoms with E-state index in [-0.39, 0.29) is 11.9 Å². The maximum Gasteiger partial charge on any atom is 0.222 e. The summed E-state index contributed by atoms with van der Waals surface area (Å²) in [7, 11) is 1.76. The van der Waals surface area contributed by atoms with Gasteiger partial charge in [0.15, 0.2) is 0 Å². The molecule has 0 heterocycles. The predicted octanol–water partition coefficient (Wildman–Crippen LogP) is 8.04. The van der Waals surface area contributed by atoms with E-state index in [0.29, 0.717) is 12.8 Å². The van der Waals surface area contributed by atoms with Crippen molar-refractivity contribution >= 4 is 5.91 Å². The van der Waals surface area contributed by atoms with Gasteiger partial charge in [0, 0.05) is 13.5 Å². The van der Waals surface area contributed by atoms with Crippen LogP contribution in [0.5, 0.6) is 0 Å². The molecule has 3 heteroatoms. The van der Waals surface area contributed by atoms with E-state index in [1.807, 2.05) is 37.3 Å². The van der Waals surface area contributed by atoms with E-state index in [0.717, 1.165) is 44.1 Å². The molecular formula is C32H45NO2. The first-order valence-electron chi connectivity index (χ1n) is 13.0. The molecule has 1 rings (SSSR count). The lowest BCUT2D eigenvalue weighted by atomic mass is 10.0. The number of amides is 1. The summed E-state index contributed by atoms with van der Waals surface area (Å²) in [5.41, 5.74) is 0.830. The number of benzene rings is 1. The van der Waals surface area contributed by atoms with Crippen LogP contribution in [0.2, 0.25) is 0 Å². The number of hydrogen-bond donors (Lipinski definition) is 1. The van der Waals surface area contributed by atoms with Crippen LogP contribution < -0.4 is 0 Å². The largest absolute Gasteiger partial charge is 0.386 e. The van der Waals surface area contributed by atoms with Gasteiger partial charge >= 0.3 is 0 Å². The molecule has 3 nitrogen and oxygen atoms in total. The highest BCUT2D eigenvalue weighted by Gasteiger charge is 2.23. The number of carbonyl (C=O) groups is 1. The van der Waals surface area contributed by atoms with Crippen molar-refractivity contribution in [2.45, 2.75) is 77.4 Å². The summed E-state index contributed by atoms with van der Waals surface area (Å²) in [4.78, 5) is 14.1. The Bertz CT molecular complexity index is 846. The monoisotopic (exact) mass is 475 g/mol. The van der Waals surface area contributed by atoms with E-state index < -0.39 is 6.10 Å². The predicted molar refractivity (Wildman–Crippen MR) is 151 cm³/mol. The highest BCUT2D eigenvalue weighted by Crippen LogP contribution is 2.20. The molecule has 2 atom stereocenters. The maximum absolute atomic E-state index is 12.5. The highest BCUT2D eigenvalue weighted by molar-refractivity contribution is 5.76. The van der Waals surface area contributed by atoms with E-state index in [1.165, 1.54) is 0 Å². The Morgan fingerprint density at radius 3 is 1.66 bits per heavy atom. The molecular weight excluding hydrogens is 430 g/mol. The van der Waals surface area contributed by atoms with Crippen molar-refractivity contribution in [1.82, 2.24) is 4.90 Å². The topological polar surface area (TPSA) is 40.5 Å². The number of aliphatic hydroxyl groups excluding tert-OH is 1. The van der Waals surface area contributed by atoms with Crippen molar-refractivity contribution < 1.29 is 9.90 Å². The molecule has 1 aromatic rings. The zero-order valence-electron chi connectivity index (χ0n) is 21.9. The Morgan fingerprint density at radius 1 is 0.771 bits per heavy atom. The van der Waals surface area contributed by atoms with Crippen molar-refractivity contribution in [1.29, 1.82) is 0 Å². The number of aliphatic hydroxyl groups is 1. The Labute approximate surface area is 213 Å². The molecule has 0 fully saturated rings. The van der Waals surface area contributed by atoms with Crippen LogP contribution in [0.4, 0.5) is 0 Å². The summed E-state index contributed by atoms with van der Waals surface area (Å²) in [6.07, 6.45) is 32.5. The second-order valence-electron chi connectivity index (χ2n) is 8.55. The lowest BCUT2D eigenvalue weighted by Gasteiger charge is -2.29. The summed E-state index contributed by atoms with van der Waals surface area (Å²) in [5.74, 6) is 0.0482. The minimum atomic E-state index is -0.684. The first-order valence-corrected chi connectivity index (χ1v) is 13.0. The summed E-state index contributed by atoms with van der Waals surface area (Å²) < 4.78 is 0. The lowest BCUT2D eigenvalue weighted by Crippen LogP contribution is -2.38. The fraction of sp³-hybridized carbons (Fsp3) is 0.406. The van der Waals surface area contributed by atoms with Crippen molar-refractivity contribution in [3.63, 3.8) is 0 Å². The van der Waals surface area contributed by atoms with Crippen LogP contribution in [-0.2, 0) is 4.79 Å². The van der Waals surface area contributed by atoms with Gasteiger partial charge in [-0.1, -0.05) is 110 Å². The van der Waals surface area contributed by atoms with Crippen LogP contribution >= 0.6 is 0 Å². The molecule has 0 aliphatic heterocycles. The Kier molecular flexibility index (Phi) is 17.6. The van der Waals surface area contributed by atoms with Crippen LogP contribution in [0.25, 0.3) is 0 Å². The fourth-order valence-corrected chi connectivity index (χ4v) is 3.39. The van der Waals surface area contributed by atoms with Gasteiger partial charge in [0.1, 0.15) is 0 Å². The molecule has 0 aliphatic carbocycles. The van der Waals surface area contributed by atoms with Crippen molar-refractivity contribution in [3.8, 4) is 0 Å². The standard InChI is InChI=1S/C32H45NO2/c1-4-5-6-7-8-9-10-11-12-13-14-15-16-17-18-19-20-21-25-28-31(34)33(3)29(2)32(35)30-26-23-22-24-27-30/h5-6,8-9,11-12,14-15,17-18,20-24,26-27,29,32,35H,4,7,10,13,16,19,25,28H2,1-3H3/b6-5-,9-8-,12-11-,15-14-,18-17-,21-20-. The van der Waals surface area contributed by atoms with Gasteiger partial charge in [-0.2, -0.15) is 0 Å². The van der Waals surface area contributed by atoms with Crippen LogP contribution in [0.15, 0.2) is 103 Å². The molecule has 1 N–H and O–H groups in total. The molecule has 0 saturated heterocycles. The second-order valence-corrected chi connectivity index (χ2v) is 8.55. The third kappa shape index (κ3) is 14.9. The highest BCUT2D eigenvalue weighted by atomic mass is 16.3. The van der Waals surface area contributed by atoms with Crippen LogP contribution in [0.3, 0.4) is 0 Å².